The minimum absolute atomic E-state index is 0.190. The summed E-state index contributed by atoms with van der Waals surface area (Å²) in [6.07, 6.45) is -0.556. The largest absolute Gasteiger partial charge is 0.481 e. The highest BCUT2D eigenvalue weighted by atomic mass is 35.5. The zero-order valence-corrected chi connectivity index (χ0v) is 12.8. The quantitative estimate of drug-likeness (QED) is 0.697. The molecule has 0 aromatic heterocycles. The van der Waals surface area contributed by atoms with E-state index in [1.54, 1.807) is 6.07 Å². The summed E-state index contributed by atoms with van der Waals surface area (Å²) in [5, 5.41) is 19.4. The Hall–Kier alpha value is -1.44. The number of carbonyl (C=O) groups is 3. The van der Waals surface area contributed by atoms with Crippen LogP contribution in [0.5, 0.6) is 0 Å². The van der Waals surface area contributed by atoms with Gasteiger partial charge in [0.15, 0.2) is 0 Å². The van der Waals surface area contributed by atoms with Crippen molar-refractivity contribution in [3.8, 4) is 0 Å². The fraction of sp³-hybridized carbons (Fsp3) is 0.250. The number of halogens is 2. The SMILES string of the molecule is O=C(O)C[C@@H](SCC(=O)Nc1ccc(Cl)c(Cl)c1)C(=O)O. The Kier molecular flexibility index (Phi) is 6.80. The van der Waals surface area contributed by atoms with Gasteiger partial charge in [0.1, 0.15) is 5.25 Å². The Labute approximate surface area is 134 Å². The molecular weight excluding hydrogens is 341 g/mol. The van der Waals surface area contributed by atoms with Gasteiger partial charge in [-0.25, -0.2) is 0 Å². The van der Waals surface area contributed by atoms with Gasteiger partial charge in [-0.2, -0.15) is 0 Å². The van der Waals surface area contributed by atoms with Crippen LogP contribution < -0.4 is 5.32 Å². The molecule has 0 aliphatic carbocycles. The number of aliphatic carboxylic acids is 2. The van der Waals surface area contributed by atoms with Crippen LogP contribution in [0.2, 0.25) is 10.0 Å². The van der Waals surface area contributed by atoms with Gasteiger partial charge in [-0.3, -0.25) is 14.4 Å². The number of hydrogen-bond donors (Lipinski definition) is 3. The van der Waals surface area contributed by atoms with Crippen LogP contribution in [0, 0.1) is 0 Å². The van der Waals surface area contributed by atoms with E-state index in [1.165, 1.54) is 12.1 Å². The molecule has 1 aromatic rings. The minimum atomic E-state index is -1.27. The first kappa shape index (κ1) is 17.6. The molecule has 3 N–H and O–H groups in total. The van der Waals surface area contributed by atoms with E-state index in [1.807, 2.05) is 0 Å². The second kappa shape index (κ2) is 8.11. The van der Waals surface area contributed by atoms with Crippen molar-refractivity contribution in [1.29, 1.82) is 0 Å². The molecule has 0 heterocycles. The molecule has 0 fully saturated rings. The number of benzene rings is 1. The maximum atomic E-state index is 11.7. The molecule has 0 unspecified atom stereocenters. The molecule has 9 heteroatoms. The average molecular weight is 352 g/mol. The third-order valence-electron chi connectivity index (χ3n) is 2.25. The maximum absolute atomic E-state index is 11.7. The van der Waals surface area contributed by atoms with Crippen LogP contribution in [-0.2, 0) is 14.4 Å². The highest BCUT2D eigenvalue weighted by Gasteiger charge is 2.22. The Morgan fingerprint density at radius 2 is 1.86 bits per heavy atom. The molecule has 0 aliphatic rings. The number of anilines is 1. The molecule has 0 bridgehead atoms. The van der Waals surface area contributed by atoms with E-state index in [-0.39, 0.29) is 10.8 Å². The summed E-state index contributed by atoms with van der Waals surface area (Å²) in [6, 6.07) is 4.51. The van der Waals surface area contributed by atoms with Gasteiger partial charge in [0, 0.05) is 5.69 Å². The lowest BCUT2D eigenvalue weighted by atomic mass is 10.3. The lowest BCUT2D eigenvalue weighted by Gasteiger charge is -2.10. The summed E-state index contributed by atoms with van der Waals surface area (Å²) in [5.74, 6) is -3.16. The lowest BCUT2D eigenvalue weighted by Crippen LogP contribution is -2.23. The van der Waals surface area contributed by atoms with Crippen LogP contribution in [-0.4, -0.2) is 39.1 Å². The van der Waals surface area contributed by atoms with Crippen LogP contribution >= 0.6 is 35.0 Å². The van der Waals surface area contributed by atoms with Crippen molar-refractivity contribution in [2.24, 2.45) is 0 Å². The zero-order valence-electron chi connectivity index (χ0n) is 10.5. The van der Waals surface area contributed by atoms with Crippen molar-refractivity contribution >= 4 is 58.5 Å². The van der Waals surface area contributed by atoms with E-state index in [0.717, 1.165) is 11.8 Å². The fourth-order valence-electron chi connectivity index (χ4n) is 1.32. The smallest absolute Gasteiger partial charge is 0.317 e. The van der Waals surface area contributed by atoms with Gasteiger partial charge in [0.2, 0.25) is 5.91 Å². The van der Waals surface area contributed by atoms with Gasteiger partial charge < -0.3 is 15.5 Å². The third-order valence-corrected chi connectivity index (χ3v) is 4.19. The Bertz CT molecular complexity index is 567. The molecule has 21 heavy (non-hydrogen) atoms. The van der Waals surface area contributed by atoms with Crippen LogP contribution in [0.4, 0.5) is 5.69 Å². The van der Waals surface area contributed by atoms with Crippen molar-refractivity contribution in [2.45, 2.75) is 11.7 Å². The van der Waals surface area contributed by atoms with E-state index in [9.17, 15) is 14.4 Å². The van der Waals surface area contributed by atoms with Gasteiger partial charge in [-0.15, -0.1) is 11.8 Å². The average Bonchev–Trinajstić information content (AvgIpc) is 2.38. The normalized spacial score (nSPS) is 11.7. The molecule has 1 amide bonds. The van der Waals surface area contributed by atoms with E-state index in [2.05, 4.69) is 5.32 Å². The predicted molar refractivity (Wildman–Crippen MR) is 81.2 cm³/mol. The predicted octanol–water partition coefficient (Wildman–Crippen LogP) is 2.59. The molecule has 0 spiro atoms. The van der Waals surface area contributed by atoms with Crippen molar-refractivity contribution in [2.75, 3.05) is 11.1 Å². The standard InChI is InChI=1S/C12H11Cl2NO5S/c13-7-2-1-6(3-8(7)14)15-10(16)5-21-9(12(19)20)4-11(17)18/h1-3,9H,4-5H2,(H,15,16)(H,17,18)(H,19,20)/t9-/m1/s1. The summed E-state index contributed by atoms with van der Waals surface area (Å²) >= 11 is 12.3. The van der Waals surface area contributed by atoms with Crippen LogP contribution in [0.15, 0.2) is 18.2 Å². The summed E-state index contributed by atoms with van der Waals surface area (Å²) < 4.78 is 0. The first-order chi connectivity index (χ1) is 9.79. The van der Waals surface area contributed by atoms with Gasteiger partial charge in [0.05, 0.1) is 22.2 Å². The highest BCUT2D eigenvalue weighted by molar-refractivity contribution is 8.01. The number of carboxylic acids is 2. The summed E-state index contributed by atoms with van der Waals surface area (Å²) in [6.45, 7) is 0. The van der Waals surface area contributed by atoms with Crippen LogP contribution in [0.1, 0.15) is 6.42 Å². The molecule has 114 valence electrons. The fourth-order valence-corrected chi connectivity index (χ4v) is 2.45. The molecule has 0 saturated heterocycles. The Morgan fingerprint density at radius 3 is 2.38 bits per heavy atom. The van der Waals surface area contributed by atoms with Gasteiger partial charge in [-0.1, -0.05) is 23.2 Å². The summed E-state index contributed by atoms with van der Waals surface area (Å²) in [7, 11) is 0. The number of carbonyl (C=O) groups excluding carboxylic acids is 1. The van der Waals surface area contributed by atoms with Gasteiger partial charge in [-0.05, 0) is 18.2 Å². The Morgan fingerprint density at radius 1 is 1.19 bits per heavy atom. The number of amides is 1. The van der Waals surface area contributed by atoms with Crippen molar-refractivity contribution in [3.63, 3.8) is 0 Å². The van der Waals surface area contributed by atoms with E-state index in [4.69, 9.17) is 33.4 Å². The second-order valence-electron chi connectivity index (χ2n) is 3.91. The van der Waals surface area contributed by atoms with Crippen molar-refractivity contribution in [3.05, 3.63) is 28.2 Å². The monoisotopic (exact) mass is 351 g/mol. The highest BCUT2D eigenvalue weighted by Crippen LogP contribution is 2.25. The summed E-state index contributed by atoms with van der Waals surface area (Å²) in [4.78, 5) is 33.0. The topological polar surface area (TPSA) is 104 Å². The van der Waals surface area contributed by atoms with Crippen molar-refractivity contribution in [1.82, 2.24) is 0 Å². The third kappa shape index (κ3) is 6.24. The van der Waals surface area contributed by atoms with Crippen LogP contribution in [0.25, 0.3) is 0 Å². The van der Waals surface area contributed by atoms with E-state index >= 15 is 0 Å². The molecule has 1 atom stereocenters. The molecular formula is C12H11Cl2NO5S. The molecule has 6 nitrogen and oxygen atoms in total. The lowest BCUT2D eigenvalue weighted by molar-refractivity contribution is -0.142. The number of thioether (sulfide) groups is 1. The zero-order chi connectivity index (χ0) is 16.0. The molecule has 0 aliphatic heterocycles. The van der Waals surface area contributed by atoms with Crippen LogP contribution in [0.3, 0.4) is 0 Å². The first-order valence-electron chi connectivity index (χ1n) is 5.60. The summed E-state index contributed by atoms with van der Waals surface area (Å²) in [5.41, 5.74) is 0.417. The van der Waals surface area contributed by atoms with Gasteiger partial charge in [0.25, 0.3) is 0 Å². The molecule has 0 saturated carbocycles. The van der Waals surface area contributed by atoms with Gasteiger partial charge >= 0.3 is 11.9 Å². The number of nitrogens with one attached hydrogen (secondary N) is 1. The van der Waals surface area contributed by atoms with E-state index in [0.29, 0.717) is 10.7 Å². The van der Waals surface area contributed by atoms with E-state index < -0.39 is 29.5 Å². The number of rotatable bonds is 7. The second-order valence-corrected chi connectivity index (χ2v) is 5.92. The molecule has 1 aromatic carbocycles. The Balaban J connectivity index is 2.54. The molecule has 1 rings (SSSR count). The number of carboxylic acid groups (broad SMARTS) is 2. The van der Waals surface area contributed by atoms with Crippen molar-refractivity contribution < 1.29 is 24.6 Å². The maximum Gasteiger partial charge on any atom is 0.317 e. The molecule has 0 radical (unpaired) electrons. The minimum Gasteiger partial charge on any atom is -0.481 e. The number of hydrogen-bond acceptors (Lipinski definition) is 4. The first-order valence-corrected chi connectivity index (χ1v) is 7.41.